The highest BCUT2D eigenvalue weighted by Crippen LogP contribution is 2.19. The number of hydrogen-bond acceptors (Lipinski definition) is 5. The standard InChI is InChI=1S/C23H28ClN3O4S/c1-16(2)12-25-23(29)17(3)26(13-18-4-8-20(24)9-5-18)22(28)15-32-14-19-6-10-21(11-7-19)27(30)31/h4-11,16-17H,12-15H2,1-3H3,(H,25,29)/t17-/m1/s1. The van der Waals surface area contributed by atoms with E-state index in [4.69, 9.17) is 11.6 Å². The van der Waals surface area contributed by atoms with E-state index in [0.717, 1.165) is 11.1 Å². The fourth-order valence-electron chi connectivity index (χ4n) is 2.87. The fourth-order valence-corrected chi connectivity index (χ4v) is 3.87. The molecule has 0 unspecified atom stereocenters. The lowest BCUT2D eigenvalue weighted by molar-refractivity contribution is -0.384. The summed E-state index contributed by atoms with van der Waals surface area (Å²) in [6.07, 6.45) is 0. The molecule has 0 saturated carbocycles. The molecule has 0 bridgehead atoms. The number of nitrogens with one attached hydrogen (secondary N) is 1. The summed E-state index contributed by atoms with van der Waals surface area (Å²) in [5.74, 6) is 0.683. The minimum atomic E-state index is -0.628. The molecular formula is C23H28ClN3O4S. The quantitative estimate of drug-likeness (QED) is 0.375. The number of rotatable bonds is 11. The average molecular weight is 478 g/mol. The zero-order valence-electron chi connectivity index (χ0n) is 18.4. The van der Waals surface area contributed by atoms with Crippen LogP contribution in [0.25, 0.3) is 0 Å². The first-order chi connectivity index (χ1) is 15.2. The van der Waals surface area contributed by atoms with Crippen molar-refractivity contribution >= 4 is 40.9 Å². The summed E-state index contributed by atoms with van der Waals surface area (Å²) in [5, 5.41) is 14.3. The second-order valence-electron chi connectivity index (χ2n) is 7.88. The Balaban J connectivity index is 2.03. The molecule has 0 heterocycles. The maximum atomic E-state index is 13.0. The summed E-state index contributed by atoms with van der Waals surface area (Å²) >= 11 is 7.37. The van der Waals surface area contributed by atoms with Crippen molar-refractivity contribution in [2.75, 3.05) is 12.3 Å². The first kappa shape index (κ1) is 25.7. The number of nitro benzene ring substituents is 1. The third-order valence-electron chi connectivity index (χ3n) is 4.76. The lowest BCUT2D eigenvalue weighted by Gasteiger charge is -2.29. The van der Waals surface area contributed by atoms with Gasteiger partial charge in [0, 0.05) is 36.0 Å². The highest BCUT2D eigenvalue weighted by molar-refractivity contribution is 7.99. The van der Waals surface area contributed by atoms with Crippen molar-refractivity contribution in [3.63, 3.8) is 0 Å². The number of nitrogens with zero attached hydrogens (tertiary/aromatic N) is 2. The van der Waals surface area contributed by atoms with Crippen LogP contribution in [0.5, 0.6) is 0 Å². The molecular weight excluding hydrogens is 450 g/mol. The van der Waals surface area contributed by atoms with Crippen LogP contribution in [0.4, 0.5) is 5.69 Å². The number of amides is 2. The van der Waals surface area contributed by atoms with Crippen molar-refractivity contribution in [1.82, 2.24) is 10.2 Å². The molecule has 1 N–H and O–H groups in total. The van der Waals surface area contributed by atoms with Gasteiger partial charge >= 0.3 is 0 Å². The number of hydrogen-bond donors (Lipinski definition) is 1. The normalized spacial score (nSPS) is 11.8. The van der Waals surface area contributed by atoms with E-state index in [1.54, 1.807) is 36.1 Å². The van der Waals surface area contributed by atoms with Crippen LogP contribution in [0.15, 0.2) is 48.5 Å². The second-order valence-corrected chi connectivity index (χ2v) is 9.30. The molecule has 0 radical (unpaired) electrons. The van der Waals surface area contributed by atoms with E-state index in [1.165, 1.54) is 23.9 Å². The molecule has 172 valence electrons. The minimum absolute atomic E-state index is 0.0326. The summed E-state index contributed by atoms with van der Waals surface area (Å²) < 4.78 is 0. The monoisotopic (exact) mass is 477 g/mol. The van der Waals surface area contributed by atoms with Gasteiger partial charge in [0.1, 0.15) is 6.04 Å². The molecule has 0 spiro atoms. The Morgan fingerprint density at radius 1 is 1.06 bits per heavy atom. The first-order valence-corrected chi connectivity index (χ1v) is 11.8. The summed E-state index contributed by atoms with van der Waals surface area (Å²) in [4.78, 5) is 37.6. The highest BCUT2D eigenvalue weighted by atomic mass is 35.5. The van der Waals surface area contributed by atoms with Crippen LogP contribution in [0, 0.1) is 16.0 Å². The molecule has 2 rings (SSSR count). The summed E-state index contributed by atoms with van der Waals surface area (Å²) in [7, 11) is 0. The predicted octanol–water partition coefficient (Wildman–Crippen LogP) is 4.67. The molecule has 7 nitrogen and oxygen atoms in total. The van der Waals surface area contributed by atoms with Crippen molar-refractivity contribution in [2.24, 2.45) is 5.92 Å². The van der Waals surface area contributed by atoms with E-state index in [-0.39, 0.29) is 23.3 Å². The van der Waals surface area contributed by atoms with Crippen LogP contribution < -0.4 is 5.32 Å². The molecule has 0 aromatic heterocycles. The van der Waals surface area contributed by atoms with E-state index in [9.17, 15) is 19.7 Å². The van der Waals surface area contributed by atoms with Crippen LogP contribution in [0.1, 0.15) is 31.9 Å². The maximum absolute atomic E-state index is 13.0. The lowest BCUT2D eigenvalue weighted by atomic mass is 10.1. The maximum Gasteiger partial charge on any atom is 0.269 e. The molecule has 0 saturated heterocycles. The number of thioether (sulfide) groups is 1. The van der Waals surface area contributed by atoms with Crippen molar-refractivity contribution < 1.29 is 14.5 Å². The molecule has 0 aliphatic rings. The van der Waals surface area contributed by atoms with Gasteiger partial charge in [-0.15, -0.1) is 11.8 Å². The number of halogens is 1. The smallest absolute Gasteiger partial charge is 0.269 e. The van der Waals surface area contributed by atoms with Gasteiger partial charge in [-0.05, 0) is 36.1 Å². The molecule has 2 amide bonds. The molecule has 1 atom stereocenters. The third kappa shape index (κ3) is 8.16. The van der Waals surface area contributed by atoms with Crippen molar-refractivity contribution in [3.8, 4) is 0 Å². The van der Waals surface area contributed by atoms with Crippen LogP contribution in [0.3, 0.4) is 0 Å². The van der Waals surface area contributed by atoms with Gasteiger partial charge in [0.2, 0.25) is 11.8 Å². The zero-order valence-corrected chi connectivity index (χ0v) is 20.0. The topological polar surface area (TPSA) is 92.6 Å². The van der Waals surface area contributed by atoms with Gasteiger partial charge in [-0.25, -0.2) is 0 Å². The molecule has 0 fully saturated rings. The van der Waals surface area contributed by atoms with Gasteiger partial charge in [0.25, 0.3) is 5.69 Å². The molecule has 0 aliphatic heterocycles. The third-order valence-corrected chi connectivity index (χ3v) is 6.00. The summed E-state index contributed by atoms with van der Waals surface area (Å²) in [5.41, 5.74) is 1.80. The van der Waals surface area contributed by atoms with Crippen molar-refractivity contribution in [2.45, 2.75) is 39.1 Å². The summed E-state index contributed by atoms with van der Waals surface area (Å²) in [6, 6.07) is 12.8. The Hall–Kier alpha value is -2.58. The number of carbonyl (C=O) groups is 2. The van der Waals surface area contributed by atoms with E-state index >= 15 is 0 Å². The lowest BCUT2D eigenvalue weighted by Crippen LogP contribution is -2.48. The van der Waals surface area contributed by atoms with E-state index in [2.05, 4.69) is 5.32 Å². The Kier molecular flexibility index (Phi) is 9.99. The predicted molar refractivity (Wildman–Crippen MR) is 129 cm³/mol. The Morgan fingerprint density at radius 3 is 2.22 bits per heavy atom. The number of non-ortho nitro benzene ring substituents is 1. The van der Waals surface area contributed by atoms with Gasteiger partial charge in [-0.3, -0.25) is 19.7 Å². The molecule has 2 aromatic carbocycles. The second kappa shape index (κ2) is 12.5. The van der Waals surface area contributed by atoms with Gasteiger partial charge in [0.15, 0.2) is 0 Å². The van der Waals surface area contributed by atoms with Crippen LogP contribution >= 0.6 is 23.4 Å². The van der Waals surface area contributed by atoms with E-state index in [1.807, 2.05) is 26.0 Å². The first-order valence-electron chi connectivity index (χ1n) is 10.3. The molecule has 2 aromatic rings. The van der Waals surface area contributed by atoms with Gasteiger partial charge in [-0.2, -0.15) is 0 Å². The van der Waals surface area contributed by atoms with Crippen molar-refractivity contribution in [3.05, 3.63) is 74.8 Å². The number of benzene rings is 2. The molecule has 32 heavy (non-hydrogen) atoms. The van der Waals surface area contributed by atoms with Gasteiger partial charge < -0.3 is 10.2 Å². The average Bonchev–Trinajstić information content (AvgIpc) is 2.76. The molecule has 0 aliphatic carbocycles. The van der Waals surface area contributed by atoms with Crippen LogP contribution in [-0.2, 0) is 21.9 Å². The van der Waals surface area contributed by atoms with E-state index < -0.39 is 11.0 Å². The van der Waals surface area contributed by atoms with Gasteiger partial charge in [-0.1, -0.05) is 49.7 Å². The fraction of sp³-hybridized carbons (Fsp3) is 0.391. The van der Waals surface area contributed by atoms with Crippen molar-refractivity contribution in [1.29, 1.82) is 0 Å². The number of carbonyl (C=O) groups excluding carboxylic acids is 2. The SMILES string of the molecule is CC(C)CNC(=O)[C@@H](C)N(Cc1ccc(Cl)cc1)C(=O)CSCc1ccc([N+](=O)[O-])cc1. The Bertz CT molecular complexity index is 920. The van der Waals surface area contributed by atoms with Crippen LogP contribution in [0.2, 0.25) is 5.02 Å². The zero-order chi connectivity index (χ0) is 23.7. The largest absolute Gasteiger partial charge is 0.354 e. The van der Waals surface area contributed by atoms with Crippen LogP contribution in [-0.4, -0.2) is 40.0 Å². The molecule has 9 heteroatoms. The number of nitro groups is 1. The summed E-state index contributed by atoms with van der Waals surface area (Å²) in [6.45, 7) is 6.59. The highest BCUT2D eigenvalue weighted by Gasteiger charge is 2.26. The minimum Gasteiger partial charge on any atom is -0.354 e. The Morgan fingerprint density at radius 2 is 1.66 bits per heavy atom. The van der Waals surface area contributed by atoms with E-state index in [0.29, 0.717) is 29.8 Å². The Labute approximate surface area is 197 Å². The van der Waals surface area contributed by atoms with Gasteiger partial charge in [0.05, 0.1) is 10.7 Å².